The molecule has 0 radical (unpaired) electrons. The highest BCUT2D eigenvalue weighted by atomic mass is 35.5. The number of hydrogen-bond donors (Lipinski definition) is 2. The number of halogens is 1. The first-order valence-corrected chi connectivity index (χ1v) is 11.2. The summed E-state index contributed by atoms with van der Waals surface area (Å²) in [5.41, 5.74) is 4.60. The molecule has 2 aromatic carbocycles. The van der Waals surface area contributed by atoms with Gasteiger partial charge in [-0.3, -0.25) is 9.78 Å². The van der Waals surface area contributed by atoms with Gasteiger partial charge >= 0.3 is 0 Å². The molecule has 0 aliphatic heterocycles. The highest BCUT2D eigenvalue weighted by Gasteiger charge is 2.15. The maximum Gasteiger partial charge on any atom is 0.273 e. The lowest BCUT2D eigenvalue weighted by atomic mass is 10.1. The highest BCUT2D eigenvalue weighted by Crippen LogP contribution is 2.33. The number of aromatic nitrogens is 4. The summed E-state index contributed by atoms with van der Waals surface area (Å²) in [5, 5.41) is 6.60. The van der Waals surface area contributed by atoms with Gasteiger partial charge in [-0.25, -0.2) is 9.97 Å². The van der Waals surface area contributed by atoms with Crippen LogP contribution in [-0.4, -0.2) is 32.5 Å². The van der Waals surface area contributed by atoms with Crippen molar-refractivity contribution in [2.45, 2.75) is 0 Å². The van der Waals surface area contributed by atoms with Crippen LogP contribution in [0.25, 0.3) is 22.2 Å². The second kappa shape index (κ2) is 9.44. The predicted molar refractivity (Wildman–Crippen MR) is 136 cm³/mol. The Balaban J connectivity index is 1.44. The molecule has 0 unspecified atom stereocenters. The van der Waals surface area contributed by atoms with Gasteiger partial charge in [0.2, 0.25) is 5.95 Å². The molecule has 3 heterocycles. The molecule has 0 atom stereocenters. The van der Waals surface area contributed by atoms with Crippen LogP contribution in [0.3, 0.4) is 0 Å². The van der Waals surface area contributed by atoms with Crippen LogP contribution in [0, 0.1) is 0 Å². The molecular formula is C26H21ClN6O2. The van der Waals surface area contributed by atoms with Crippen molar-refractivity contribution < 1.29 is 9.53 Å². The predicted octanol–water partition coefficient (Wildman–Crippen LogP) is 5.58. The van der Waals surface area contributed by atoms with Crippen molar-refractivity contribution in [1.82, 2.24) is 24.8 Å². The van der Waals surface area contributed by atoms with Gasteiger partial charge in [0.05, 0.1) is 11.0 Å². The van der Waals surface area contributed by atoms with Crippen LogP contribution in [0.2, 0.25) is 5.02 Å². The van der Waals surface area contributed by atoms with E-state index in [0.717, 1.165) is 27.8 Å². The number of benzene rings is 2. The summed E-state index contributed by atoms with van der Waals surface area (Å²) < 4.78 is 7.93. The molecule has 2 N–H and O–H groups in total. The monoisotopic (exact) mass is 484 g/mol. The minimum Gasteiger partial charge on any atom is -0.455 e. The zero-order valence-electron chi connectivity index (χ0n) is 19.0. The Morgan fingerprint density at radius 2 is 1.86 bits per heavy atom. The third-order valence-corrected chi connectivity index (χ3v) is 5.84. The Hall–Kier alpha value is -4.43. The summed E-state index contributed by atoms with van der Waals surface area (Å²) >= 11 is 6.44. The zero-order valence-corrected chi connectivity index (χ0v) is 19.7. The molecule has 0 saturated heterocycles. The van der Waals surface area contributed by atoms with Gasteiger partial charge in [-0.15, -0.1) is 0 Å². The van der Waals surface area contributed by atoms with E-state index in [1.165, 1.54) is 0 Å². The molecule has 5 rings (SSSR count). The number of carbonyl (C=O) groups excluding carboxylic acids is 1. The molecule has 3 aromatic heterocycles. The van der Waals surface area contributed by atoms with Crippen molar-refractivity contribution >= 4 is 40.2 Å². The van der Waals surface area contributed by atoms with E-state index in [1.807, 2.05) is 60.1 Å². The minimum absolute atomic E-state index is 0.214. The first-order chi connectivity index (χ1) is 17.0. The van der Waals surface area contributed by atoms with E-state index in [4.69, 9.17) is 21.3 Å². The Morgan fingerprint density at radius 1 is 1.03 bits per heavy atom. The van der Waals surface area contributed by atoms with Gasteiger partial charge in [-0.2, -0.15) is 0 Å². The fraction of sp³-hybridized carbons (Fsp3) is 0.0769. The van der Waals surface area contributed by atoms with E-state index in [2.05, 4.69) is 20.6 Å². The van der Waals surface area contributed by atoms with Crippen LogP contribution in [0.5, 0.6) is 11.5 Å². The van der Waals surface area contributed by atoms with E-state index < -0.39 is 0 Å². The van der Waals surface area contributed by atoms with Crippen molar-refractivity contribution in [2.75, 3.05) is 12.4 Å². The van der Waals surface area contributed by atoms with Gasteiger partial charge < -0.3 is 19.9 Å². The number of ether oxygens (including phenoxy) is 1. The maximum atomic E-state index is 12.1. The van der Waals surface area contributed by atoms with Gasteiger partial charge in [-0.1, -0.05) is 11.6 Å². The number of fused-ring (bicyclic) bond motifs is 1. The number of aryl methyl sites for hydroxylation is 1. The molecule has 174 valence electrons. The van der Waals surface area contributed by atoms with Crippen LogP contribution >= 0.6 is 11.6 Å². The molecule has 8 nitrogen and oxygen atoms in total. The van der Waals surface area contributed by atoms with E-state index in [9.17, 15) is 4.79 Å². The molecule has 35 heavy (non-hydrogen) atoms. The lowest BCUT2D eigenvalue weighted by molar-refractivity contribution is 0.0955. The number of anilines is 2. The van der Waals surface area contributed by atoms with Gasteiger partial charge in [-0.05, 0) is 60.2 Å². The Bertz CT molecular complexity index is 1530. The van der Waals surface area contributed by atoms with Gasteiger partial charge in [0, 0.05) is 55.0 Å². The number of amides is 1. The maximum absolute atomic E-state index is 12.1. The second-order valence-electron chi connectivity index (χ2n) is 7.73. The SMILES string of the molecule is CNC(=O)c1ncccc1Oc1ccc2c(c1)nc(Nc1ccc(Cl)c(-c3ccncc3)c1)n2C. The van der Waals surface area contributed by atoms with Gasteiger partial charge in [0.1, 0.15) is 5.75 Å². The average Bonchev–Trinajstić information content (AvgIpc) is 3.19. The molecule has 9 heteroatoms. The number of hydrogen-bond acceptors (Lipinski definition) is 6. The molecule has 0 spiro atoms. The molecule has 0 aliphatic rings. The van der Waals surface area contributed by atoms with Crippen LogP contribution in [0.4, 0.5) is 11.6 Å². The van der Waals surface area contributed by atoms with Crippen molar-refractivity contribution in [2.24, 2.45) is 7.05 Å². The summed E-state index contributed by atoms with van der Waals surface area (Å²) in [5.74, 6) is 1.25. The molecule has 0 bridgehead atoms. The van der Waals surface area contributed by atoms with Crippen LogP contribution in [0.1, 0.15) is 10.5 Å². The van der Waals surface area contributed by atoms with Crippen molar-refractivity contribution in [3.63, 3.8) is 0 Å². The fourth-order valence-corrected chi connectivity index (χ4v) is 3.96. The molecule has 1 amide bonds. The van der Waals surface area contributed by atoms with Gasteiger partial charge in [0.25, 0.3) is 5.91 Å². The third kappa shape index (κ3) is 4.51. The van der Waals surface area contributed by atoms with Crippen molar-refractivity contribution in [3.05, 3.63) is 90.0 Å². The highest BCUT2D eigenvalue weighted by molar-refractivity contribution is 6.33. The normalized spacial score (nSPS) is 10.8. The number of nitrogens with one attached hydrogen (secondary N) is 2. The van der Waals surface area contributed by atoms with Crippen LogP contribution < -0.4 is 15.4 Å². The van der Waals surface area contributed by atoms with Crippen molar-refractivity contribution in [1.29, 1.82) is 0 Å². The quantitative estimate of drug-likeness (QED) is 0.327. The van der Waals surface area contributed by atoms with Crippen molar-refractivity contribution in [3.8, 4) is 22.6 Å². The lowest BCUT2D eigenvalue weighted by Gasteiger charge is -2.10. The third-order valence-electron chi connectivity index (χ3n) is 5.51. The number of nitrogens with zero attached hydrogens (tertiary/aromatic N) is 4. The summed E-state index contributed by atoms with van der Waals surface area (Å²) in [6.45, 7) is 0. The molecular weight excluding hydrogens is 464 g/mol. The summed E-state index contributed by atoms with van der Waals surface area (Å²) in [6, 6.07) is 18.6. The van der Waals surface area contributed by atoms with E-state index in [-0.39, 0.29) is 11.6 Å². The zero-order chi connectivity index (χ0) is 24.4. The molecule has 5 aromatic rings. The molecule has 0 saturated carbocycles. The van der Waals surface area contributed by atoms with Crippen LogP contribution in [0.15, 0.2) is 79.3 Å². The smallest absolute Gasteiger partial charge is 0.273 e. The van der Waals surface area contributed by atoms with E-state index in [0.29, 0.717) is 22.5 Å². The first-order valence-electron chi connectivity index (χ1n) is 10.8. The van der Waals surface area contributed by atoms with Crippen LogP contribution in [-0.2, 0) is 7.05 Å². The summed E-state index contributed by atoms with van der Waals surface area (Å²) in [7, 11) is 3.48. The Morgan fingerprint density at radius 3 is 2.66 bits per heavy atom. The van der Waals surface area contributed by atoms with E-state index >= 15 is 0 Å². The summed E-state index contributed by atoms with van der Waals surface area (Å²) in [4.78, 5) is 25.0. The average molecular weight is 485 g/mol. The lowest BCUT2D eigenvalue weighted by Crippen LogP contribution is -2.19. The standard InChI is InChI=1S/C26H21ClN6O2/c1-28-25(34)24-23(4-3-11-30-24)35-18-6-8-22-21(15-18)32-26(33(22)2)31-17-5-7-20(27)19(14-17)16-9-12-29-13-10-16/h3-15H,1-2H3,(H,28,34)(H,31,32). The number of rotatable bonds is 6. The summed E-state index contributed by atoms with van der Waals surface area (Å²) in [6.07, 6.45) is 5.02. The minimum atomic E-state index is -0.319. The number of carbonyl (C=O) groups is 1. The first kappa shape index (κ1) is 22.4. The van der Waals surface area contributed by atoms with Gasteiger partial charge in [0.15, 0.2) is 11.4 Å². The molecule has 0 aliphatic carbocycles. The number of imidazole rings is 1. The topological polar surface area (TPSA) is 94.0 Å². The number of pyridine rings is 2. The molecule has 0 fully saturated rings. The Kier molecular flexibility index (Phi) is 6.03. The van der Waals surface area contributed by atoms with E-state index in [1.54, 1.807) is 37.8 Å². The second-order valence-corrected chi connectivity index (χ2v) is 8.14. The fourth-order valence-electron chi connectivity index (χ4n) is 3.73. The largest absolute Gasteiger partial charge is 0.455 e. The Labute approximate surface area is 206 Å².